The van der Waals surface area contributed by atoms with Gasteiger partial charge in [0.25, 0.3) is 0 Å². The molecule has 0 saturated heterocycles. The summed E-state index contributed by atoms with van der Waals surface area (Å²) >= 11 is 0. The molecule has 0 radical (unpaired) electrons. The fraction of sp³-hybridized carbons (Fsp3) is 0.857. The van der Waals surface area contributed by atoms with Gasteiger partial charge in [0.05, 0.1) is 6.04 Å². The van der Waals surface area contributed by atoms with Crippen molar-refractivity contribution in [1.82, 2.24) is 5.32 Å². The molecule has 1 unspecified atom stereocenters. The van der Waals surface area contributed by atoms with Crippen molar-refractivity contribution in [3.8, 4) is 0 Å². The van der Waals surface area contributed by atoms with Crippen molar-refractivity contribution < 1.29 is 4.79 Å². The maximum Gasteiger partial charge on any atom is 0.236 e. The molecule has 0 aliphatic carbocycles. The molecular formula is C7H18N2O. The van der Waals surface area contributed by atoms with E-state index in [9.17, 15) is 4.79 Å². The van der Waals surface area contributed by atoms with Gasteiger partial charge in [-0.2, -0.15) is 0 Å². The molecule has 0 saturated carbocycles. The van der Waals surface area contributed by atoms with Crippen molar-refractivity contribution >= 4 is 5.91 Å². The average Bonchev–Trinajstić information content (AvgIpc) is 1.88. The monoisotopic (exact) mass is 146 g/mol. The van der Waals surface area contributed by atoms with Crippen LogP contribution in [0.15, 0.2) is 0 Å². The molecule has 0 fully saturated rings. The Morgan fingerprint density at radius 1 is 1.60 bits per heavy atom. The average molecular weight is 146 g/mol. The first-order valence-electron chi connectivity index (χ1n) is 3.57. The Bertz CT molecular complexity index is 81.7. The molecule has 0 heterocycles. The van der Waals surface area contributed by atoms with Crippen LogP contribution < -0.4 is 11.1 Å². The summed E-state index contributed by atoms with van der Waals surface area (Å²) < 4.78 is 0. The molecule has 0 spiro atoms. The van der Waals surface area contributed by atoms with Crippen LogP contribution in [0.2, 0.25) is 0 Å². The van der Waals surface area contributed by atoms with Gasteiger partial charge in [-0.1, -0.05) is 20.3 Å². The van der Waals surface area contributed by atoms with Crippen LogP contribution in [0, 0.1) is 0 Å². The molecule has 10 heavy (non-hydrogen) atoms. The van der Waals surface area contributed by atoms with Crippen LogP contribution >= 0.6 is 0 Å². The van der Waals surface area contributed by atoms with Crippen LogP contribution in [0.5, 0.6) is 0 Å². The third-order valence-electron chi connectivity index (χ3n) is 0.660. The molecule has 0 bridgehead atoms. The summed E-state index contributed by atoms with van der Waals surface area (Å²) in [6.45, 7) is 5.89. The van der Waals surface area contributed by atoms with Gasteiger partial charge < -0.3 is 11.1 Å². The van der Waals surface area contributed by atoms with Crippen LogP contribution in [0.3, 0.4) is 0 Å². The number of nitrogens with two attached hydrogens (primary N) is 1. The third kappa shape index (κ3) is 10.4. The Morgan fingerprint density at radius 3 is 1.90 bits per heavy atom. The minimum absolute atomic E-state index is 0.125. The summed E-state index contributed by atoms with van der Waals surface area (Å²) in [5.41, 5.74) is 5.13. The molecule has 3 N–H and O–H groups in total. The van der Waals surface area contributed by atoms with Crippen LogP contribution in [0.25, 0.3) is 0 Å². The first-order chi connectivity index (χ1) is 4.59. The molecular weight excluding hydrogens is 128 g/mol. The summed E-state index contributed by atoms with van der Waals surface area (Å²) in [5.74, 6) is -0.125. The lowest BCUT2D eigenvalue weighted by molar-refractivity contribution is -0.121. The fourth-order valence-electron chi connectivity index (χ4n) is 0.228. The van der Waals surface area contributed by atoms with Crippen LogP contribution in [0.1, 0.15) is 27.2 Å². The van der Waals surface area contributed by atoms with Crippen molar-refractivity contribution in [2.45, 2.75) is 33.2 Å². The smallest absolute Gasteiger partial charge is 0.236 e. The lowest BCUT2D eigenvalue weighted by atomic mass is 10.3. The van der Waals surface area contributed by atoms with Gasteiger partial charge in [-0.25, -0.2) is 0 Å². The topological polar surface area (TPSA) is 55.1 Å². The number of hydrogen-bond acceptors (Lipinski definition) is 2. The molecule has 62 valence electrons. The highest BCUT2D eigenvalue weighted by Gasteiger charge is 2.00. The van der Waals surface area contributed by atoms with Crippen LogP contribution in [-0.4, -0.2) is 19.0 Å². The molecule has 0 aliphatic rings. The maximum atomic E-state index is 10.3. The number of carbonyl (C=O) groups excluding carboxylic acids is 1. The van der Waals surface area contributed by atoms with E-state index in [1.54, 1.807) is 14.0 Å². The largest absolute Gasteiger partial charge is 0.358 e. The summed E-state index contributed by atoms with van der Waals surface area (Å²) in [7, 11) is 1.56. The van der Waals surface area contributed by atoms with Crippen LogP contribution in [0.4, 0.5) is 0 Å². The molecule has 0 aromatic heterocycles. The number of likely N-dealkylation sites (N-methyl/N-ethyl adjacent to an activating group) is 1. The van der Waals surface area contributed by atoms with Crippen LogP contribution in [-0.2, 0) is 4.79 Å². The Hall–Kier alpha value is -0.570. The molecule has 3 heteroatoms. The number of hydrogen-bond donors (Lipinski definition) is 2. The summed E-state index contributed by atoms with van der Waals surface area (Å²) in [6.07, 6.45) is 1.25. The number of carbonyl (C=O) groups is 1. The predicted molar refractivity (Wildman–Crippen MR) is 43.7 cm³/mol. The van der Waals surface area contributed by atoms with Crippen molar-refractivity contribution in [3.05, 3.63) is 0 Å². The van der Waals surface area contributed by atoms with Gasteiger partial charge in [0.1, 0.15) is 0 Å². The van der Waals surface area contributed by atoms with Gasteiger partial charge in [0.2, 0.25) is 5.91 Å². The molecule has 1 amide bonds. The van der Waals surface area contributed by atoms with E-state index >= 15 is 0 Å². The van der Waals surface area contributed by atoms with E-state index in [4.69, 9.17) is 5.73 Å². The molecule has 0 aromatic rings. The van der Waals surface area contributed by atoms with Crippen molar-refractivity contribution in [3.63, 3.8) is 0 Å². The van der Waals surface area contributed by atoms with Gasteiger partial charge in [0, 0.05) is 7.05 Å². The second-order valence-electron chi connectivity index (χ2n) is 2.11. The Balaban J connectivity index is 0. The Kier molecular flexibility index (Phi) is 10.2. The summed E-state index contributed by atoms with van der Waals surface area (Å²) in [6, 6.07) is -0.384. The highest BCUT2D eigenvalue weighted by Crippen LogP contribution is 1.69. The zero-order valence-corrected chi connectivity index (χ0v) is 7.27. The van der Waals surface area contributed by atoms with Gasteiger partial charge in [-0.3, -0.25) is 4.79 Å². The minimum Gasteiger partial charge on any atom is -0.358 e. The van der Waals surface area contributed by atoms with E-state index < -0.39 is 0 Å². The normalized spacial score (nSPS) is 10.9. The van der Waals surface area contributed by atoms with E-state index in [-0.39, 0.29) is 11.9 Å². The predicted octanol–water partition coefficient (Wildman–Crippen LogP) is 0.496. The van der Waals surface area contributed by atoms with Crippen molar-refractivity contribution in [1.29, 1.82) is 0 Å². The first kappa shape index (κ1) is 12.1. The highest BCUT2D eigenvalue weighted by atomic mass is 16.2. The van der Waals surface area contributed by atoms with E-state index in [1.165, 1.54) is 6.42 Å². The number of amides is 1. The van der Waals surface area contributed by atoms with Gasteiger partial charge in [0.15, 0.2) is 0 Å². The highest BCUT2D eigenvalue weighted by molar-refractivity contribution is 5.80. The molecule has 3 nitrogen and oxygen atoms in total. The zero-order chi connectivity index (χ0) is 8.57. The lowest BCUT2D eigenvalue weighted by Crippen LogP contribution is -2.35. The molecule has 0 rings (SSSR count). The van der Waals surface area contributed by atoms with E-state index in [0.717, 1.165) is 0 Å². The fourth-order valence-corrected chi connectivity index (χ4v) is 0.228. The van der Waals surface area contributed by atoms with E-state index in [0.29, 0.717) is 0 Å². The van der Waals surface area contributed by atoms with E-state index in [2.05, 4.69) is 19.2 Å². The first-order valence-corrected chi connectivity index (χ1v) is 3.57. The SMILES string of the molecule is CCC.CNC(=O)C(C)N. The molecule has 0 aliphatic heterocycles. The van der Waals surface area contributed by atoms with Crippen molar-refractivity contribution in [2.75, 3.05) is 7.05 Å². The summed E-state index contributed by atoms with van der Waals surface area (Å²) in [4.78, 5) is 10.3. The maximum absolute atomic E-state index is 10.3. The number of nitrogens with one attached hydrogen (secondary N) is 1. The van der Waals surface area contributed by atoms with Gasteiger partial charge in [-0.05, 0) is 6.92 Å². The van der Waals surface area contributed by atoms with Gasteiger partial charge in [-0.15, -0.1) is 0 Å². The lowest BCUT2D eigenvalue weighted by Gasteiger charge is -1.99. The quantitative estimate of drug-likeness (QED) is 0.566. The second-order valence-corrected chi connectivity index (χ2v) is 2.11. The second kappa shape index (κ2) is 8.43. The number of rotatable bonds is 1. The third-order valence-corrected chi connectivity index (χ3v) is 0.660. The summed E-state index contributed by atoms with van der Waals surface area (Å²) in [5, 5.41) is 2.40. The Labute approximate surface area is 63.0 Å². The van der Waals surface area contributed by atoms with Crippen molar-refractivity contribution in [2.24, 2.45) is 5.73 Å². The molecule has 0 aromatic carbocycles. The minimum atomic E-state index is -0.384. The van der Waals surface area contributed by atoms with Gasteiger partial charge >= 0.3 is 0 Å². The van der Waals surface area contributed by atoms with E-state index in [1.807, 2.05) is 0 Å². The molecule has 1 atom stereocenters. The standard InChI is InChI=1S/C4H10N2O.C3H8/c1-3(5)4(7)6-2;1-3-2/h3H,5H2,1-2H3,(H,6,7);3H2,1-2H3. The Morgan fingerprint density at radius 2 is 1.90 bits per heavy atom. The zero-order valence-electron chi connectivity index (χ0n) is 7.27.